The van der Waals surface area contributed by atoms with Crippen molar-refractivity contribution < 1.29 is 19.1 Å². The third-order valence-electron chi connectivity index (χ3n) is 5.58. The molecule has 1 aliphatic heterocycles. The average Bonchev–Trinajstić information content (AvgIpc) is 3.25. The molecule has 2 unspecified atom stereocenters. The summed E-state index contributed by atoms with van der Waals surface area (Å²) in [6.45, 7) is 7.40. The molecule has 4 heterocycles. The average molecular weight is 452 g/mol. The van der Waals surface area contributed by atoms with Gasteiger partial charge in [0.15, 0.2) is 5.76 Å². The van der Waals surface area contributed by atoms with Crippen molar-refractivity contribution in [2.24, 2.45) is 5.16 Å². The number of fused-ring (bicyclic) bond motifs is 2. The lowest BCUT2D eigenvalue weighted by Gasteiger charge is -2.35. The summed E-state index contributed by atoms with van der Waals surface area (Å²) < 4.78 is 19.0. The van der Waals surface area contributed by atoms with E-state index in [2.05, 4.69) is 28.9 Å². The minimum absolute atomic E-state index is 0.235. The lowest BCUT2D eigenvalue weighted by atomic mass is 10.1. The number of aromatic nitrogens is 1. The quantitative estimate of drug-likeness (QED) is 0.356. The normalized spacial score (nSPS) is 20.2. The van der Waals surface area contributed by atoms with Gasteiger partial charge in [0.25, 0.3) is 0 Å². The molecule has 3 aromatic heterocycles. The molecule has 1 aromatic carbocycles. The van der Waals surface area contributed by atoms with Crippen LogP contribution >= 0.6 is 11.3 Å². The predicted octanol–water partition coefficient (Wildman–Crippen LogP) is 4.49. The number of thiophene rings is 1. The van der Waals surface area contributed by atoms with E-state index in [1.165, 1.54) is 0 Å². The van der Waals surface area contributed by atoms with Gasteiger partial charge >= 0.3 is 0 Å². The van der Waals surface area contributed by atoms with Gasteiger partial charge in [0.1, 0.15) is 29.0 Å². The second-order valence-corrected chi connectivity index (χ2v) is 9.09. The predicted molar refractivity (Wildman–Crippen MR) is 124 cm³/mol. The van der Waals surface area contributed by atoms with Crippen molar-refractivity contribution in [1.29, 1.82) is 0 Å². The van der Waals surface area contributed by atoms with Crippen molar-refractivity contribution in [2.75, 3.05) is 26.2 Å². The molecule has 166 valence electrons. The highest BCUT2D eigenvalue weighted by Crippen LogP contribution is 2.27. The largest absolute Gasteiger partial charge is 0.492 e. The first-order valence-electron chi connectivity index (χ1n) is 10.7. The molecule has 1 fully saturated rings. The van der Waals surface area contributed by atoms with E-state index in [9.17, 15) is 5.21 Å². The Balaban J connectivity index is 1.36. The molecule has 0 aliphatic carbocycles. The first-order valence-corrected chi connectivity index (χ1v) is 11.6. The van der Waals surface area contributed by atoms with E-state index in [1.54, 1.807) is 17.4 Å². The van der Waals surface area contributed by atoms with E-state index in [0.29, 0.717) is 40.1 Å². The summed E-state index contributed by atoms with van der Waals surface area (Å²) in [5.74, 6) is 1.25. The van der Waals surface area contributed by atoms with E-state index in [0.717, 1.165) is 29.7 Å². The topological polar surface area (TPSA) is 80.3 Å². The fourth-order valence-corrected chi connectivity index (χ4v) is 4.99. The van der Waals surface area contributed by atoms with E-state index in [-0.39, 0.29) is 12.2 Å². The summed E-state index contributed by atoms with van der Waals surface area (Å²) in [4.78, 5) is 6.85. The summed E-state index contributed by atoms with van der Waals surface area (Å²) in [6, 6.07) is 11.3. The Kier molecular flexibility index (Phi) is 5.82. The number of ether oxygens (including phenoxy) is 2. The summed E-state index contributed by atoms with van der Waals surface area (Å²) >= 11 is 1.65. The van der Waals surface area contributed by atoms with Crippen LogP contribution in [0.15, 0.2) is 57.5 Å². The molecule has 1 aliphatic rings. The van der Waals surface area contributed by atoms with Crippen LogP contribution in [-0.2, 0) is 4.74 Å². The zero-order chi connectivity index (χ0) is 22.1. The first kappa shape index (κ1) is 20.9. The van der Waals surface area contributed by atoms with Crippen molar-refractivity contribution >= 4 is 32.4 Å². The highest BCUT2D eigenvalue weighted by molar-refractivity contribution is 7.17. The highest BCUT2D eigenvalue weighted by atomic mass is 32.1. The number of pyridine rings is 1. The van der Waals surface area contributed by atoms with E-state index in [4.69, 9.17) is 13.9 Å². The van der Waals surface area contributed by atoms with Crippen LogP contribution in [0.4, 0.5) is 0 Å². The molecule has 0 radical (unpaired) electrons. The molecule has 0 saturated carbocycles. The molecule has 2 atom stereocenters. The number of morpholine rings is 1. The molecule has 5 rings (SSSR count). The van der Waals surface area contributed by atoms with Gasteiger partial charge in [-0.05, 0) is 49.6 Å². The summed E-state index contributed by atoms with van der Waals surface area (Å²) in [7, 11) is 0. The van der Waals surface area contributed by atoms with Gasteiger partial charge in [0.2, 0.25) is 0 Å². The van der Waals surface area contributed by atoms with Gasteiger partial charge < -0.3 is 19.1 Å². The van der Waals surface area contributed by atoms with E-state index in [1.807, 2.05) is 41.9 Å². The monoisotopic (exact) mass is 451 g/mol. The van der Waals surface area contributed by atoms with Crippen molar-refractivity contribution in [3.8, 4) is 17.2 Å². The molecule has 8 heteroatoms. The van der Waals surface area contributed by atoms with E-state index < -0.39 is 0 Å². The van der Waals surface area contributed by atoms with Gasteiger partial charge in [0, 0.05) is 42.0 Å². The molecule has 4 aromatic rings. The van der Waals surface area contributed by atoms with Crippen LogP contribution < -0.4 is 10.1 Å². The standard InChI is InChI=1S/C24H25N3O4S/c1-15-13-27(14-16(2)30-15)6-7-29-18-3-4-22-19(9-18)20(26-28)10-23(31-22)21-11-24-17(12-25-21)5-8-32-24/h3-5,8-12,15-16,28H,6-7,13-14H2,1-2H3/b26-20+. The van der Waals surface area contributed by atoms with Gasteiger partial charge in [-0.3, -0.25) is 9.88 Å². The molecule has 0 amide bonds. The van der Waals surface area contributed by atoms with Crippen molar-refractivity contribution in [3.05, 3.63) is 53.3 Å². The fraction of sp³-hybridized carbons (Fsp3) is 0.333. The molecule has 1 saturated heterocycles. The minimum atomic E-state index is 0.235. The molecule has 1 N–H and O–H groups in total. The van der Waals surface area contributed by atoms with Crippen LogP contribution in [0.1, 0.15) is 13.8 Å². The number of hydrogen-bond donors (Lipinski definition) is 1. The lowest BCUT2D eigenvalue weighted by Crippen LogP contribution is -2.46. The third-order valence-corrected chi connectivity index (χ3v) is 6.46. The van der Waals surface area contributed by atoms with Gasteiger partial charge in [0.05, 0.1) is 17.6 Å². The second-order valence-electron chi connectivity index (χ2n) is 8.15. The number of hydrogen-bond acceptors (Lipinski definition) is 8. The Bertz CT molecular complexity index is 1310. The number of benzene rings is 1. The highest BCUT2D eigenvalue weighted by Gasteiger charge is 2.21. The van der Waals surface area contributed by atoms with Crippen molar-refractivity contribution in [2.45, 2.75) is 26.1 Å². The van der Waals surface area contributed by atoms with Gasteiger partial charge in [-0.1, -0.05) is 5.16 Å². The fourth-order valence-electron chi connectivity index (χ4n) is 4.20. The van der Waals surface area contributed by atoms with Crippen LogP contribution in [0.5, 0.6) is 5.75 Å². The Hall–Kier alpha value is -2.94. The molecule has 7 nitrogen and oxygen atoms in total. The zero-order valence-electron chi connectivity index (χ0n) is 18.0. The van der Waals surface area contributed by atoms with Crippen molar-refractivity contribution in [3.63, 3.8) is 0 Å². The minimum Gasteiger partial charge on any atom is -0.492 e. The second kappa shape index (κ2) is 8.90. The molecule has 32 heavy (non-hydrogen) atoms. The Morgan fingerprint density at radius 2 is 2.03 bits per heavy atom. The molecular formula is C24H25N3O4S. The maximum Gasteiger partial charge on any atom is 0.155 e. The zero-order valence-corrected chi connectivity index (χ0v) is 18.8. The van der Waals surface area contributed by atoms with Crippen LogP contribution in [-0.4, -0.2) is 53.5 Å². The maximum absolute atomic E-state index is 9.64. The van der Waals surface area contributed by atoms with Crippen LogP contribution in [0.25, 0.3) is 32.5 Å². The first-order chi connectivity index (χ1) is 15.6. The Morgan fingerprint density at radius 3 is 2.84 bits per heavy atom. The smallest absolute Gasteiger partial charge is 0.155 e. The maximum atomic E-state index is 9.64. The summed E-state index contributed by atoms with van der Waals surface area (Å²) in [6.07, 6.45) is 2.29. The molecule has 0 bridgehead atoms. The third kappa shape index (κ3) is 4.34. The Labute approximate surface area is 189 Å². The van der Waals surface area contributed by atoms with Gasteiger partial charge in [-0.25, -0.2) is 0 Å². The number of rotatable bonds is 5. The van der Waals surface area contributed by atoms with E-state index >= 15 is 0 Å². The van der Waals surface area contributed by atoms with Crippen LogP contribution in [0, 0.1) is 0 Å². The SMILES string of the molecule is CC1CN(CCOc2ccc3oc(-c4cc5sccc5cn4)c/c(=N\O)c3c2)CC(C)O1. The van der Waals surface area contributed by atoms with Crippen LogP contribution in [0.2, 0.25) is 0 Å². The molecular weight excluding hydrogens is 426 g/mol. The molecule has 0 spiro atoms. The van der Waals surface area contributed by atoms with Crippen LogP contribution in [0.3, 0.4) is 0 Å². The number of nitrogens with zero attached hydrogens (tertiary/aromatic N) is 3. The summed E-state index contributed by atoms with van der Waals surface area (Å²) in [5, 5.41) is 17.3. The van der Waals surface area contributed by atoms with Gasteiger partial charge in [-0.15, -0.1) is 11.3 Å². The van der Waals surface area contributed by atoms with Crippen molar-refractivity contribution in [1.82, 2.24) is 9.88 Å². The summed E-state index contributed by atoms with van der Waals surface area (Å²) in [5.41, 5.74) is 1.30. The lowest BCUT2D eigenvalue weighted by molar-refractivity contribution is -0.0699. The van der Waals surface area contributed by atoms with Gasteiger partial charge in [-0.2, -0.15) is 0 Å². The Morgan fingerprint density at radius 1 is 1.19 bits per heavy atom.